The fourth-order valence-electron chi connectivity index (χ4n) is 10.6. The molecule has 0 aliphatic carbocycles. The number of pyridine rings is 2. The lowest BCUT2D eigenvalue weighted by Gasteiger charge is -2.33. The van der Waals surface area contributed by atoms with Crippen molar-refractivity contribution in [1.82, 2.24) is 40.6 Å². The van der Waals surface area contributed by atoms with Crippen LogP contribution in [-0.2, 0) is 101 Å². The summed E-state index contributed by atoms with van der Waals surface area (Å²) in [5.74, 6) is -4.01. The van der Waals surface area contributed by atoms with Gasteiger partial charge in [0.15, 0.2) is 17.2 Å². The van der Waals surface area contributed by atoms with E-state index in [-0.39, 0.29) is 126 Å². The summed E-state index contributed by atoms with van der Waals surface area (Å²) in [6, 6.07) is 3.27. The molecule has 1 fully saturated rings. The van der Waals surface area contributed by atoms with Gasteiger partial charge in [0.05, 0.1) is 135 Å². The Morgan fingerprint density at radius 3 is 1.92 bits per heavy atom. The van der Waals surface area contributed by atoms with Crippen LogP contribution < -0.4 is 31.6 Å². The molecule has 4 aliphatic rings. The van der Waals surface area contributed by atoms with E-state index >= 15 is 4.39 Å². The minimum absolute atomic E-state index is 0.0160. The monoisotopic (exact) mass is 1250 g/mol. The van der Waals surface area contributed by atoms with E-state index in [1.54, 1.807) is 30.7 Å². The first kappa shape index (κ1) is 69.6. The molecule has 0 radical (unpaired) electrons. The number of benzene rings is 1. The minimum atomic E-state index is -2.01. The summed E-state index contributed by atoms with van der Waals surface area (Å²) >= 11 is 0. The summed E-state index contributed by atoms with van der Waals surface area (Å²) in [4.78, 5) is 112. The Hall–Kier alpha value is -6.86. The third-order valence-corrected chi connectivity index (χ3v) is 15.5. The Morgan fingerprint density at radius 2 is 1.33 bits per heavy atom. The van der Waals surface area contributed by atoms with Gasteiger partial charge in [0, 0.05) is 106 Å². The molecule has 5 N–H and O–H groups in total. The molecule has 1 aromatic carbocycles. The van der Waals surface area contributed by atoms with Crippen LogP contribution >= 0.6 is 0 Å². The highest BCUT2D eigenvalue weighted by molar-refractivity contribution is 6.12. The highest BCUT2D eigenvalue weighted by atomic mass is 19.1. The van der Waals surface area contributed by atoms with Crippen molar-refractivity contribution >= 4 is 52.3 Å². The van der Waals surface area contributed by atoms with Crippen LogP contribution in [0.3, 0.4) is 0 Å². The smallest absolute Gasteiger partial charge is 0.343 e. The average molecular weight is 1250 g/mol. The van der Waals surface area contributed by atoms with Crippen molar-refractivity contribution in [3.8, 4) is 17.1 Å². The number of imide groups is 1. The molecule has 27 nitrogen and oxygen atoms in total. The van der Waals surface area contributed by atoms with Gasteiger partial charge in [-0.3, -0.25) is 43.4 Å². The number of fused-ring (bicyclic) bond motifs is 5. The second-order valence-corrected chi connectivity index (χ2v) is 21.6. The number of aliphatic hydroxyl groups is 1. The highest BCUT2D eigenvalue weighted by Crippen LogP contribution is 2.41. The van der Waals surface area contributed by atoms with E-state index in [0.29, 0.717) is 141 Å². The summed E-state index contributed by atoms with van der Waals surface area (Å²) in [5.41, 5.74) is 0.675. The minimum Gasteiger partial charge on any atom is -0.494 e. The third kappa shape index (κ3) is 20.3. The van der Waals surface area contributed by atoms with E-state index in [2.05, 4.69) is 26.2 Å². The molecule has 28 heteroatoms. The van der Waals surface area contributed by atoms with Crippen LogP contribution in [0.2, 0.25) is 0 Å². The molecule has 4 aliphatic heterocycles. The zero-order valence-electron chi connectivity index (χ0n) is 51.1. The number of piperidine rings is 1. The molecule has 6 amide bonds. The maximum Gasteiger partial charge on any atom is 0.343 e. The molecule has 0 unspecified atom stereocenters. The highest BCUT2D eigenvalue weighted by Gasteiger charge is 2.46. The van der Waals surface area contributed by atoms with Crippen molar-refractivity contribution in [2.24, 2.45) is 0 Å². The van der Waals surface area contributed by atoms with Gasteiger partial charge in [0.2, 0.25) is 23.6 Å². The predicted octanol–water partition coefficient (Wildman–Crippen LogP) is 1.05. The lowest BCUT2D eigenvalue weighted by atomic mass is 9.86. The van der Waals surface area contributed by atoms with Crippen LogP contribution in [0.15, 0.2) is 35.1 Å². The van der Waals surface area contributed by atoms with Crippen LogP contribution in [-0.4, -0.2) is 224 Å². The summed E-state index contributed by atoms with van der Waals surface area (Å²) in [7, 11) is 3.00. The van der Waals surface area contributed by atoms with Gasteiger partial charge >= 0.3 is 5.97 Å². The summed E-state index contributed by atoms with van der Waals surface area (Å²) in [6.07, 6.45) is 3.80. The van der Waals surface area contributed by atoms with Crippen molar-refractivity contribution in [3.63, 3.8) is 0 Å². The number of aromatic nitrogens is 2. The van der Waals surface area contributed by atoms with Gasteiger partial charge in [0.25, 0.3) is 17.4 Å². The van der Waals surface area contributed by atoms with Crippen LogP contribution in [0, 0.1) is 5.82 Å². The van der Waals surface area contributed by atoms with Gasteiger partial charge in [-0.25, -0.2) is 14.2 Å². The zero-order chi connectivity index (χ0) is 63.5. The first-order valence-corrected chi connectivity index (χ1v) is 30.4. The number of halogens is 1. The number of carbonyl (C=O) groups excluding carboxylic acids is 7. The van der Waals surface area contributed by atoms with Gasteiger partial charge in [-0.1, -0.05) is 6.92 Å². The van der Waals surface area contributed by atoms with E-state index in [1.807, 2.05) is 0 Å². The van der Waals surface area contributed by atoms with Gasteiger partial charge in [0.1, 0.15) is 12.6 Å². The molecule has 490 valence electrons. The maximum absolute atomic E-state index is 15.3. The molecule has 2 atom stereocenters. The molecule has 0 bridgehead atoms. The first-order chi connectivity index (χ1) is 43.1. The lowest BCUT2D eigenvalue weighted by Crippen LogP contribution is -2.48. The molecule has 2 aromatic heterocycles. The Bertz CT molecular complexity index is 2970. The fourth-order valence-corrected chi connectivity index (χ4v) is 10.6. The SMILES string of the molecule is CC[C@@]1(O)C(=O)OCc2c1cc1n(c2=O)Cc2c-1nc1cc(F)c(OC)cc1c2CN1CCC(NC(=O)CCCNC(=O)[C@H](CCC(=O)NCCOCCOCCOCCOCCOCCOCCOCCOC)NC(=O)CCCN2C(=O)C=CC2=O)CC1. The summed E-state index contributed by atoms with van der Waals surface area (Å²) in [5, 5.41) is 23.4. The van der Waals surface area contributed by atoms with E-state index in [4.69, 9.17) is 52.4 Å². The number of amides is 6. The molecule has 6 heterocycles. The third-order valence-electron chi connectivity index (χ3n) is 15.5. The van der Waals surface area contributed by atoms with E-state index in [9.17, 15) is 43.5 Å². The zero-order valence-corrected chi connectivity index (χ0v) is 51.1. The number of nitrogens with one attached hydrogen (secondary N) is 4. The quantitative estimate of drug-likeness (QED) is 0.0235. The average Bonchev–Trinajstić information content (AvgIpc) is 1.68. The van der Waals surface area contributed by atoms with Gasteiger partial charge < -0.3 is 78.3 Å². The number of nitrogens with zero attached hydrogens (tertiary/aromatic N) is 4. The van der Waals surface area contributed by atoms with E-state index in [1.165, 1.54) is 13.2 Å². The molecule has 1 saturated heterocycles. The van der Waals surface area contributed by atoms with Gasteiger partial charge in [-0.05, 0) is 56.2 Å². The first-order valence-electron chi connectivity index (χ1n) is 30.4. The summed E-state index contributed by atoms with van der Waals surface area (Å²) < 4.78 is 70.6. The van der Waals surface area contributed by atoms with Crippen molar-refractivity contribution in [2.75, 3.05) is 146 Å². The Morgan fingerprint density at radius 1 is 0.730 bits per heavy atom. The Labute approximate surface area is 515 Å². The van der Waals surface area contributed by atoms with Crippen LogP contribution in [0.25, 0.3) is 22.3 Å². The number of methoxy groups -OCH3 is 2. The molecular formula is C61H85FN8O19. The van der Waals surface area contributed by atoms with Crippen molar-refractivity contribution in [3.05, 3.63) is 68.8 Å². The normalized spacial score (nSPS) is 16.7. The number of esters is 1. The number of carbonyl (C=O) groups is 7. The second kappa shape index (κ2) is 36.1. The molecule has 3 aromatic rings. The van der Waals surface area contributed by atoms with Crippen molar-refractivity contribution in [1.29, 1.82) is 0 Å². The number of likely N-dealkylation sites (tertiary alicyclic amines) is 1. The van der Waals surface area contributed by atoms with Crippen molar-refractivity contribution < 1.29 is 90.4 Å². The topological polar surface area (TPSA) is 322 Å². The maximum atomic E-state index is 15.3. The second-order valence-electron chi connectivity index (χ2n) is 21.6. The van der Waals surface area contributed by atoms with E-state index < -0.39 is 52.6 Å². The van der Waals surface area contributed by atoms with Gasteiger partial charge in [-0.15, -0.1) is 0 Å². The molecule has 89 heavy (non-hydrogen) atoms. The number of cyclic esters (lactones) is 1. The standard InChI is InChI=1S/C61H85FN8O19/c1-4-61(79)46-36-50-57-44(39-70(50)59(77)45(46)40-89-60(61)78)43(42-35-51(81-3)47(62)37-49(42)67-57)38-68-18-13-41(14-19-68)65-53(72)7-5-15-64-58(76)48(66-54(73)8-6-17-69-55(74)11-12-56(69)75)9-10-52(71)63-16-20-82-23-24-84-27-28-86-31-32-88-34-33-87-30-29-85-26-25-83-22-21-80-2/h11-12,35-37,41,48,79H,4-10,13-34,38-40H2,1-3H3,(H,63,71)(H,64,76)(H,65,72)(H,66,73)/t48-,61-/m0/s1. The lowest BCUT2D eigenvalue weighted by molar-refractivity contribution is -0.172. The summed E-state index contributed by atoms with van der Waals surface area (Å²) in [6.45, 7) is 9.70. The number of hydrogen-bond acceptors (Lipinski definition) is 21. The number of ether oxygens (including phenoxy) is 10. The Kier molecular flexibility index (Phi) is 28.2. The largest absolute Gasteiger partial charge is 0.494 e. The van der Waals surface area contributed by atoms with Crippen LogP contribution in [0.5, 0.6) is 5.75 Å². The molecule has 7 rings (SSSR count). The predicted molar refractivity (Wildman–Crippen MR) is 317 cm³/mol. The molecule has 0 saturated carbocycles. The number of hydrogen-bond donors (Lipinski definition) is 5. The van der Waals surface area contributed by atoms with Gasteiger partial charge in [-0.2, -0.15) is 0 Å². The number of rotatable bonds is 42. The van der Waals surface area contributed by atoms with Crippen molar-refractivity contribution in [2.45, 2.75) is 102 Å². The van der Waals surface area contributed by atoms with Crippen LogP contribution in [0.1, 0.15) is 87.0 Å². The Balaban J connectivity index is 0.789. The fraction of sp³-hybridized carbons (Fsp3) is 0.623. The van der Waals surface area contributed by atoms with Crippen LogP contribution in [0.4, 0.5) is 4.39 Å². The molecule has 0 spiro atoms. The van der Waals surface area contributed by atoms with E-state index in [0.717, 1.165) is 28.2 Å². The molecular weight excluding hydrogens is 1170 g/mol.